The second kappa shape index (κ2) is 5.38. The first-order chi connectivity index (χ1) is 10.2. The SMILES string of the molecule is CCc1ccc(C(O)C2(C#N)CCc3ccccc3C2)o1. The highest BCUT2D eigenvalue weighted by molar-refractivity contribution is 5.34. The van der Waals surface area contributed by atoms with Crippen molar-refractivity contribution >= 4 is 0 Å². The van der Waals surface area contributed by atoms with E-state index in [0.29, 0.717) is 18.6 Å². The second-order valence-corrected chi connectivity index (χ2v) is 5.77. The zero-order valence-corrected chi connectivity index (χ0v) is 12.2. The van der Waals surface area contributed by atoms with Crippen LogP contribution < -0.4 is 0 Å². The minimum absolute atomic E-state index is 0.507. The molecule has 0 bridgehead atoms. The molecule has 2 atom stereocenters. The fourth-order valence-electron chi connectivity index (χ4n) is 3.15. The summed E-state index contributed by atoms with van der Waals surface area (Å²) in [4.78, 5) is 0. The molecule has 2 aromatic rings. The van der Waals surface area contributed by atoms with E-state index in [-0.39, 0.29) is 0 Å². The van der Waals surface area contributed by atoms with Gasteiger partial charge in [0.1, 0.15) is 17.6 Å². The van der Waals surface area contributed by atoms with Crippen LogP contribution in [0.15, 0.2) is 40.8 Å². The lowest BCUT2D eigenvalue weighted by molar-refractivity contribution is 0.0338. The molecule has 3 rings (SSSR count). The Balaban J connectivity index is 1.93. The molecule has 108 valence electrons. The average molecular weight is 281 g/mol. The van der Waals surface area contributed by atoms with Gasteiger partial charge in [-0.2, -0.15) is 5.26 Å². The highest BCUT2D eigenvalue weighted by Gasteiger charge is 2.43. The standard InChI is InChI=1S/C18H19NO2/c1-2-15-7-8-16(21-15)17(20)18(12-19)10-9-13-5-3-4-6-14(13)11-18/h3-8,17,20H,2,9-11H2,1H3. The summed E-state index contributed by atoms with van der Waals surface area (Å²) in [6.07, 6.45) is 1.96. The van der Waals surface area contributed by atoms with Crippen LogP contribution in [0.2, 0.25) is 0 Å². The Morgan fingerprint density at radius 2 is 2.05 bits per heavy atom. The topological polar surface area (TPSA) is 57.2 Å². The molecule has 0 saturated carbocycles. The minimum Gasteiger partial charge on any atom is -0.463 e. The van der Waals surface area contributed by atoms with Crippen molar-refractivity contribution in [3.05, 3.63) is 59.0 Å². The van der Waals surface area contributed by atoms with E-state index in [1.807, 2.05) is 31.2 Å². The fourth-order valence-corrected chi connectivity index (χ4v) is 3.15. The van der Waals surface area contributed by atoms with Crippen LogP contribution in [0.25, 0.3) is 0 Å². The van der Waals surface area contributed by atoms with Crippen molar-refractivity contribution < 1.29 is 9.52 Å². The fraction of sp³-hybridized carbons (Fsp3) is 0.389. The van der Waals surface area contributed by atoms with Crippen LogP contribution in [0.5, 0.6) is 0 Å². The van der Waals surface area contributed by atoms with Crippen LogP contribution in [-0.4, -0.2) is 5.11 Å². The molecule has 1 aliphatic rings. The number of furan rings is 1. The maximum atomic E-state index is 10.7. The number of hydrogen-bond acceptors (Lipinski definition) is 3. The summed E-state index contributed by atoms with van der Waals surface area (Å²) in [6.45, 7) is 2.01. The highest BCUT2D eigenvalue weighted by atomic mass is 16.4. The van der Waals surface area contributed by atoms with E-state index < -0.39 is 11.5 Å². The van der Waals surface area contributed by atoms with Gasteiger partial charge >= 0.3 is 0 Å². The van der Waals surface area contributed by atoms with Gasteiger partial charge in [-0.15, -0.1) is 0 Å². The zero-order chi connectivity index (χ0) is 14.9. The number of nitrogens with zero attached hydrogens (tertiary/aromatic N) is 1. The Morgan fingerprint density at radius 3 is 2.71 bits per heavy atom. The molecule has 1 heterocycles. The summed E-state index contributed by atoms with van der Waals surface area (Å²) >= 11 is 0. The Labute approximate surface area is 124 Å². The minimum atomic E-state index is -0.879. The number of hydrogen-bond donors (Lipinski definition) is 1. The number of rotatable bonds is 3. The maximum Gasteiger partial charge on any atom is 0.134 e. The van der Waals surface area contributed by atoms with Gasteiger partial charge in [-0.25, -0.2) is 0 Å². The van der Waals surface area contributed by atoms with E-state index >= 15 is 0 Å². The molecule has 0 saturated heterocycles. The van der Waals surface area contributed by atoms with Crippen molar-refractivity contribution in [3.63, 3.8) is 0 Å². The summed E-state index contributed by atoms with van der Waals surface area (Å²) in [6, 6.07) is 14.2. The first kappa shape index (κ1) is 13.9. The van der Waals surface area contributed by atoms with Crippen molar-refractivity contribution in [2.24, 2.45) is 5.41 Å². The summed E-state index contributed by atoms with van der Waals surface area (Å²) in [5.74, 6) is 1.35. The van der Waals surface area contributed by atoms with Gasteiger partial charge in [-0.1, -0.05) is 31.2 Å². The summed E-state index contributed by atoms with van der Waals surface area (Å²) in [7, 11) is 0. The third-order valence-corrected chi connectivity index (χ3v) is 4.51. The molecule has 1 aliphatic carbocycles. The van der Waals surface area contributed by atoms with Gasteiger partial charge in [0.05, 0.1) is 11.5 Å². The quantitative estimate of drug-likeness (QED) is 0.935. The Morgan fingerprint density at radius 1 is 1.29 bits per heavy atom. The number of aliphatic hydroxyl groups is 1. The molecule has 1 aromatic carbocycles. The first-order valence-electron chi connectivity index (χ1n) is 7.43. The normalized spacial score (nSPS) is 22.3. The molecule has 0 spiro atoms. The van der Waals surface area contributed by atoms with Gasteiger partial charge in [0, 0.05) is 6.42 Å². The summed E-state index contributed by atoms with van der Waals surface area (Å²) < 4.78 is 5.66. The van der Waals surface area contributed by atoms with Crippen molar-refractivity contribution in [3.8, 4) is 6.07 Å². The molecule has 0 amide bonds. The van der Waals surface area contributed by atoms with Crippen LogP contribution in [0.1, 0.15) is 42.1 Å². The molecule has 0 radical (unpaired) electrons. The smallest absolute Gasteiger partial charge is 0.134 e. The monoisotopic (exact) mass is 281 g/mol. The number of aliphatic hydroxyl groups excluding tert-OH is 1. The van der Waals surface area contributed by atoms with Crippen LogP contribution in [0, 0.1) is 16.7 Å². The Kier molecular flexibility index (Phi) is 3.57. The van der Waals surface area contributed by atoms with Gasteiger partial charge in [-0.3, -0.25) is 0 Å². The number of fused-ring (bicyclic) bond motifs is 1. The maximum absolute atomic E-state index is 10.7. The van der Waals surface area contributed by atoms with E-state index in [0.717, 1.165) is 24.2 Å². The predicted octanol–water partition coefficient (Wildman–Crippen LogP) is 3.57. The van der Waals surface area contributed by atoms with Gasteiger partial charge in [0.2, 0.25) is 0 Å². The lowest BCUT2D eigenvalue weighted by Gasteiger charge is -2.35. The Hall–Kier alpha value is -2.05. The van der Waals surface area contributed by atoms with Crippen molar-refractivity contribution in [1.82, 2.24) is 0 Å². The van der Waals surface area contributed by atoms with Gasteiger partial charge in [0.15, 0.2) is 0 Å². The van der Waals surface area contributed by atoms with Gasteiger partial charge in [-0.05, 0) is 42.5 Å². The van der Waals surface area contributed by atoms with E-state index in [2.05, 4.69) is 12.1 Å². The summed E-state index contributed by atoms with van der Waals surface area (Å²) in [5.41, 5.74) is 1.65. The second-order valence-electron chi connectivity index (χ2n) is 5.77. The largest absolute Gasteiger partial charge is 0.463 e. The molecule has 1 N–H and O–H groups in total. The summed E-state index contributed by atoms with van der Waals surface area (Å²) in [5, 5.41) is 20.4. The molecular formula is C18H19NO2. The third-order valence-electron chi connectivity index (χ3n) is 4.51. The highest BCUT2D eigenvalue weighted by Crippen LogP contribution is 2.44. The zero-order valence-electron chi connectivity index (χ0n) is 12.2. The van der Waals surface area contributed by atoms with Crippen LogP contribution in [0.4, 0.5) is 0 Å². The van der Waals surface area contributed by atoms with E-state index in [1.165, 1.54) is 5.56 Å². The molecule has 3 nitrogen and oxygen atoms in total. The van der Waals surface area contributed by atoms with Crippen LogP contribution in [0.3, 0.4) is 0 Å². The average Bonchev–Trinajstić information content (AvgIpc) is 3.02. The molecule has 2 unspecified atom stereocenters. The molecule has 1 aromatic heterocycles. The Bertz CT molecular complexity index is 683. The molecular weight excluding hydrogens is 262 g/mol. The molecule has 0 fully saturated rings. The number of aryl methyl sites for hydroxylation is 2. The van der Waals surface area contributed by atoms with Crippen LogP contribution in [-0.2, 0) is 19.3 Å². The molecule has 21 heavy (non-hydrogen) atoms. The number of benzene rings is 1. The van der Waals surface area contributed by atoms with E-state index in [4.69, 9.17) is 4.42 Å². The van der Waals surface area contributed by atoms with Crippen molar-refractivity contribution in [1.29, 1.82) is 5.26 Å². The molecule has 0 aliphatic heterocycles. The third kappa shape index (κ3) is 2.36. The van der Waals surface area contributed by atoms with E-state index in [1.54, 1.807) is 6.07 Å². The van der Waals surface area contributed by atoms with E-state index in [9.17, 15) is 10.4 Å². The van der Waals surface area contributed by atoms with Gasteiger partial charge < -0.3 is 9.52 Å². The predicted molar refractivity (Wildman–Crippen MR) is 79.6 cm³/mol. The number of nitriles is 1. The van der Waals surface area contributed by atoms with Crippen molar-refractivity contribution in [2.45, 2.75) is 38.7 Å². The van der Waals surface area contributed by atoms with Crippen molar-refractivity contribution in [2.75, 3.05) is 0 Å². The first-order valence-corrected chi connectivity index (χ1v) is 7.43. The van der Waals surface area contributed by atoms with Crippen LogP contribution >= 0.6 is 0 Å². The lowest BCUT2D eigenvalue weighted by Crippen LogP contribution is -2.33. The van der Waals surface area contributed by atoms with Gasteiger partial charge in [0.25, 0.3) is 0 Å². The molecule has 3 heteroatoms. The lowest BCUT2D eigenvalue weighted by atomic mass is 9.68.